The Balaban J connectivity index is 1.89. The van der Waals surface area contributed by atoms with Crippen LogP contribution in [0.5, 0.6) is 0 Å². The Bertz CT molecular complexity index is 963. The van der Waals surface area contributed by atoms with E-state index in [-0.39, 0.29) is 17.1 Å². The third-order valence-electron chi connectivity index (χ3n) is 3.85. The van der Waals surface area contributed by atoms with Crippen molar-refractivity contribution in [2.75, 3.05) is 5.32 Å². The third-order valence-corrected chi connectivity index (χ3v) is 3.85. The lowest BCUT2D eigenvalue weighted by atomic mass is 10.1. The molecule has 0 radical (unpaired) electrons. The molecule has 0 fully saturated rings. The van der Waals surface area contributed by atoms with Crippen LogP contribution in [0.15, 0.2) is 42.5 Å². The number of aromatic nitrogens is 2. The zero-order valence-corrected chi connectivity index (χ0v) is 13.8. The summed E-state index contributed by atoms with van der Waals surface area (Å²) in [4.78, 5) is 16.7. The number of hydrogen-bond acceptors (Lipinski definition) is 2. The summed E-state index contributed by atoms with van der Waals surface area (Å²) >= 11 is 0. The standard InChI is InChI=1S/C18H15F4N3O/c1-2-25-15-9-13(19)6-7-14(15)23-17(25)24-16(26)12-5-3-4-11(8-12)10-18(20,21)22/h3-9H,2,10H2,1H3,(H,23,24,26). The Morgan fingerprint density at radius 2 is 1.96 bits per heavy atom. The molecule has 2 aromatic carbocycles. The zero-order valence-electron chi connectivity index (χ0n) is 13.8. The largest absolute Gasteiger partial charge is 0.393 e. The molecular formula is C18H15F4N3O. The van der Waals surface area contributed by atoms with E-state index >= 15 is 0 Å². The van der Waals surface area contributed by atoms with Gasteiger partial charge in [-0.15, -0.1) is 0 Å². The van der Waals surface area contributed by atoms with Crippen LogP contribution in [0.1, 0.15) is 22.8 Å². The van der Waals surface area contributed by atoms with Crippen LogP contribution in [-0.2, 0) is 13.0 Å². The van der Waals surface area contributed by atoms with Crippen LogP contribution >= 0.6 is 0 Å². The van der Waals surface area contributed by atoms with Crippen molar-refractivity contribution in [3.05, 3.63) is 59.4 Å². The van der Waals surface area contributed by atoms with Crippen molar-refractivity contribution in [1.82, 2.24) is 9.55 Å². The number of carbonyl (C=O) groups is 1. The van der Waals surface area contributed by atoms with Crippen molar-refractivity contribution in [3.63, 3.8) is 0 Å². The molecule has 0 aliphatic carbocycles. The molecule has 136 valence electrons. The van der Waals surface area contributed by atoms with Crippen molar-refractivity contribution in [2.24, 2.45) is 0 Å². The zero-order chi connectivity index (χ0) is 18.9. The molecule has 0 aliphatic rings. The lowest BCUT2D eigenvalue weighted by molar-refractivity contribution is -0.127. The maximum atomic E-state index is 13.4. The molecule has 3 rings (SSSR count). The minimum absolute atomic E-state index is 0.00350. The highest BCUT2D eigenvalue weighted by molar-refractivity contribution is 6.04. The van der Waals surface area contributed by atoms with E-state index in [0.29, 0.717) is 17.6 Å². The fourth-order valence-corrected chi connectivity index (χ4v) is 2.74. The van der Waals surface area contributed by atoms with Gasteiger partial charge in [0.1, 0.15) is 5.82 Å². The number of nitrogens with zero attached hydrogens (tertiary/aromatic N) is 2. The molecule has 8 heteroatoms. The van der Waals surface area contributed by atoms with Gasteiger partial charge in [0.15, 0.2) is 0 Å². The van der Waals surface area contributed by atoms with Gasteiger partial charge in [-0.25, -0.2) is 9.37 Å². The molecule has 0 atom stereocenters. The van der Waals surface area contributed by atoms with Crippen LogP contribution < -0.4 is 5.32 Å². The van der Waals surface area contributed by atoms with E-state index in [1.807, 2.05) is 6.92 Å². The summed E-state index contributed by atoms with van der Waals surface area (Å²) in [5, 5.41) is 2.59. The normalized spacial score (nSPS) is 11.7. The highest BCUT2D eigenvalue weighted by Crippen LogP contribution is 2.23. The summed E-state index contributed by atoms with van der Waals surface area (Å²) in [5.74, 6) is -0.802. The third kappa shape index (κ3) is 3.84. The number of hydrogen-bond donors (Lipinski definition) is 1. The molecule has 1 N–H and O–H groups in total. The molecule has 0 spiro atoms. The van der Waals surface area contributed by atoms with Gasteiger partial charge in [0.2, 0.25) is 5.95 Å². The molecular weight excluding hydrogens is 350 g/mol. The van der Waals surface area contributed by atoms with Gasteiger partial charge in [0, 0.05) is 12.1 Å². The lowest BCUT2D eigenvalue weighted by Gasteiger charge is -2.10. The summed E-state index contributed by atoms with van der Waals surface area (Å²) in [6, 6.07) is 9.40. The predicted octanol–water partition coefficient (Wildman–Crippen LogP) is 4.55. The summed E-state index contributed by atoms with van der Waals surface area (Å²) in [6.45, 7) is 2.25. The highest BCUT2D eigenvalue weighted by Gasteiger charge is 2.27. The molecule has 3 aromatic rings. The van der Waals surface area contributed by atoms with Gasteiger partial charge in [-0.1, -0.05) is 12.1 Å². The molecule has 26 heavy (non-hydrogen) atoms. The molecule has 0 saturated carbocycles. The topological polar surface area (TPSA) is 46.9 Å². The fraction of sp³-hybridized carbons (Fsp3) is 0.222. The van der Waals surface area contributed by atoms with E-state index in [0.717, 1.165) is 0 Å². The number of nitrogens with one attached hydrogen (secondary N) is 1. The number of rotatable bonds is 4. The number of alkyl halides is 3. The average Bonchev–Trinajstić information content (AvgIpc) is 2.89. The van der Waals surface area contributed by atoms with Gasteiger partial charge in [-0.2, -0.15) is 13.2 Å². The number of imidazole rings is 1. The van der Waals surface area contributed by atoms with E-state index in [9.17, 15) is 22.4 Å². The summed E-state index contributed by atoms with van der Waals surface area (Å²) < 4.78 is 52.6. The second kappa shape index (κ2) is 6.78. The lowest BCUT2D eigenvalue weighted by Crippen LogP contribution is -2.17. The van der Waals surface area contributed by atoms with E-state index in [2.05, 4.69) is 10.3 Å². The second-order valence-corrected chi connectivity index (χ2v) is 5.76. The highest BCUT2D eigenvalue weighted by atomic mass is 19.4. The van der Waals surface area contributed by atoms with Gasteiger partial charge in [-0.3, -0.25) is 10.1 Å². The Kier molecular flexibility index (Phi) is 4.67. The molecule has 1 amide bonds. The molecule has 4 nitrogen and oxygen atoms in total. The SMILES string of the molecule is CCn1c(NC(=O)c2cccc(CC(F)(F)F)c2)nc2ccc(F)cc21. The first-order valence-electron chi connectivity index (χ1n) is 7.89. The predicted molar refractivity (Wildman–Crippen MR) is 89.5 cm³/mol. The van der Waals surface area contributed by atoms with Gasteiger partial charge < -0.3 is 4.57 Å². The van der Waals surface area contributed by atoms with Crippen molar-refractivity contribution in [2.45, 2.75) is 26.1 Å². The summed E-state index contributed by atoms with van der Waals surface area (Å²) in [7, 11) is 0. The quantitative estimate of drug-likeness (QED) is 0.690. The maximum Gasteiger partial charge on any atom is 0.393 e. The van der Waals surface area contributed by atoms with Crippen LogP contribution in [0.3, 0.4) is 0 Å². The molecule has 0 saturated heterocycles. The fourth-order valence-electron chi connectivity index (χ4n) is 2.74. The first kappa shape index (κ1) is 17.9. The van der Waals surface area contributed by atoms with E-state index in [4.69, 9.17) is 0 Å². The molecule has 1 heterocycles. The summed E-state index contributed by atoms with van der Waals surface area (Å²) in [6.07, 6.45) is -5.46. The monoisotopic (exact) mass is 365 g/mol. The number of aryl methyl sites for hydroxylation is 1. The van der Waals surface area contributed by atoms with Crippen LogP contribution in [0.25, 0.3) is 11.0 Å². The van der Waals surface area contributed by atoms with Crippen LogP contribution in [0, 0.1) is 5.82 Å². The van der Waals surface area contributed by atoms with E-state index < -0.39 is 24.3 Å². The smallest absolute Gasteiger partial charge is 0.310 e. The summed E-state index contributed by atoms with van der Waals surface area (Å²) in [5.41, 5.74) is 1.12. The number of carbonyl (C=O) groups excluding carboxylic acids is 1. The number of benzene rings is 2. The van der Waals surface area contributed by atoms with Crippen molar-refractivity contribution < 1.29 is 22.4 Å². The van der Waals surface area contributed by atoms with Crippen molar-refractivity contribution in [3.8, 4) is 0 Å². The molecule has 1 aromatic heterocycles. The van der Waals surface area contributed by atoms with Crippen LogP contribution in [-0.4, -0.2) is 21.6 Å². The first-order chi connectivity index (χ1) is 12.3. The van der Waals surface area contributed by atoms with Crippen molar-refractivity contribution in [1.29, 1.82) is 0 Å². The number of fused-ring (bicyclic) bond motifs is 1. The number of amides is 1. The average molecular weight is 365 g/mol. The van der Waals surface area contributed by atoms with Gasteiger partial charge in [-0.05, 0) is 42.8 Å². The maximum absolute atomic E-state index is 13.4. The Hall–Kier alpha value is -2.90. The Labute approximate surface area is 146 Å². The number of anilines is 1. The second-order valence-electron chi connectivity index (χ2n) is 5.76. The van der Waals surface area contributed by atoms with E-state index in [1.54, 1.807) is 4.57 Å². The van der Waals surface area contributed by atoms with Crippen molar-refractivity contribution >= 4 is 22.9 Å². The van der Waals surface area contributed by atoms with Crippen LogP contribution in [0.4, 0.5) is 23.5 Å². The molecule has 0 aliphatic heterocycles. The van der Waals surface area contributed by atoms with Gasteiger partial charge >= 0.3 is 6.18 Å². The Morgan fingerprint density at radius 3 is 2.65 bits per heavy atom. The Morgan fingerprint density at radius 1 is 1.19 bits per heavy atom. The molecule has 0 unspecified atom stereocenters. The number of halogens is 4. The molecule has 0 bridgehead atoms. The first-order valence-corrected chi connectivity index (χ1v) is 7.89. The van der Waals surface area contributed by atoms with E-state index in [1.165, 1.54) is 42.5 Å². The van der Waals surface area contributed by atoms with Gasteiger partial charge in [0.25, 0.3) is 5.91 Å². The minimum atomic E-state index is -4.35. The van der Waals surface area contributed by atoms with Gasteiger partial charge in [0.05, 0.1) is 17.5 Å². The van der Waals surface area contributed by atoms with Crippen LogP contribution in [0.2, 0.25) is 0 Å². The minimum Gasteiger partial charge on any atom is -0.310 e.